The summed E-state index contributed by atoms with van der Waals surface area (Å²) < 4.78 is 20.0. The molecule has 2 aromatic carbocycles. The van der Waals surface area contributed by atoms with E-state index < -0.39 is 12.7 Å². The lowest BCUT2D eigenvalue weighted by molar-refractivity contribution is -0.131. The molecule has 2 aromatic heterocycles. The Morgan fingerprint density at radius 3 is 2.58 bits per heavy atom. The van der Waals surface area contributed by atoms with Gasteiger partial charge in [0, 0.05) is 57.9 Å². The minimum atomic E-state index is -0.984. The number of aromatic amines is 1. The number of benzene rings is 2. The van der Waals surface area contributed by atoms with E-state index in [0.717, 1.165) is 11.1 Å². The Kier molecular flexibility index (Phi) is 11.5. The van der Waals surface area contributed by atoms with Gasteiger partial charge >= 0.3 is 0 Å². The molecule has 4 aromatic rings. The number of amides is 2. The third kappa shape index (κ3) is 9.82. The summed E-state index contributed by atoms with van der Waals surface area (Å²) in [4.78, 5) is 46.0. The summed E-state index contributed by atoms with van der Waals surface area (Å²) in [6.45, 7) is 1.78. The molecule has 0 bridgehead atoms. The molecule has 45 heavy (non-hydrogen) atoms. The maximum atomic E-state index is 14.0. The number of nitrogens with one attached hydrogen (secondary N) is 2. The summed E-state index contributed by atoms with van der Waals surface area (Å²) in [6.07, 6.45) is 3.02. The summed E-state index contributed by atoms with van der Waals surface area (Å²) in [5, 5.41) is 21.2. The fourth-order valence-electron chi connectivity index (χ4n) is 4.66. The van der Waals surface area contributed by atoms with Crippen molar-refractivity contribution in [2.45, 2.75) is 38.7 Å². The molecular formula is C34H37FN4O6. The lowest BCUT2D eigenvalue weighted by Gasteiger charge is -2.19. The molecule has 0 saturated carbocycles. The largest absolute Gasteiger partial charge is 0.457 e. The first-order chi connectivity index (χ1) is 21.6. The summed E-state index contributed by atoms with van der Waals surface area (Å²) in [5.41, 5.74) is 3.68. The Bertz CT molecular complexity index is 1620. The van der Waals surface area contributed by atoms with E-state index in [0.29, 0.717) is 47.0 Å². The van der Waals surface area contributed by atoms with Crippen LogP contribution in [0.4, 0.5) is 4.39 Å². The van der Waals surface area contributed by atoms with Crippen molar-refractivity contribution in [3.05, 3.63) is 101 Å². The zero-order valence-electron chi connectivity index (χ0n) is 25.3. The predicted molar refractivity (Wildman–Crippen MR) is 166 cm³/mol. The fourth-order valence-corrected chi connectivity index (χ4v) is 4.66. The van der Waals surface area contributed by atoms with Gasteiger partial charge in [-0.15, -0.1) is 0 Å². The molecule has 0 aliphatic carbocycles. The first-order valence-corrected chi connectivity index (χ1v) is 14.6. The molecule has 0 saturated heterocycles. The number of hydrogen-bond donors (Lipinski definition) is 4. The molecular weight excluding hydrogens is 579 g/mol. The van der Waals surface area contributed by atoms with Crippen LogP contribution in [0.3, 0.4) is 0 Å². The van der Waals surface area contributed by atoms with Gasteiger partial charge in [-0.3, -0.25) is 19.4 Å². The summed E-state index contributed by atoms with van der Waals surface area (Å²) >= 11 is 0. The number of ketones is 1. The molecule has 0 radical (unpaired) electrons. The zero-order valence-corrected chi connectivity index (χ0v) is 25.3. The van der Waals surface area contributed by atoms with E-state index >= 15 is 0 Å². The van der Waals surface area contributed by atoms with E-state index in [1.165, 1.54) is 11.0 Å². The lowest BCUT2D eigenvalue weighted by Crippen LogP contribution is -2.36. The molecule has 10 nitrogen and oxygen atoms in total. The molecule has 2 heterocycles. The van der Waals surface area contributed by atoms with E-state index in [1.807, 2.05) is 6.92 Å². The summed E-state index contributed by atoms with van der Waals surface area (Å²) in [7, 11) is 1.55. The number of aliphatic hydroxyl groups excluding tert-OH is 2. The van der Waals surface area contributed by atoms with Gasteiger partial charge in [-0.25, -0.2) is 4.39 Å². The van der Waals surface area contributed by atoms with Crippen LogP contribution >= 0.6 is 0 Å². The Morgan fingerprint density at radius 2 is 1.82 bits per heavy atom. The minimum Gasteiger partial charge on any atom is -0.457 e. The Labute approximate surface area is 260 Å². The van der Waals surface area contributed by atoms with Gasteiger partial charge in [0.15, 0.2) is 0 Å². The van der Waals surface area contributed by atoms with Gasteiger partial charge in [-0.1, -0.05) is 29.8 Å². The van der Waals surface area contributed by atoms with E-state index in [1.54, 1.807) is 74.0 Å². The van der Waals surface area contributed by atoms with Gasteiger partial charge in [0.1, 0.15) is 23.1 Å². The molecule has 1 atom stereocenters. The molecule has 1 unspecified atom stereocenters. The number of rotatable bonds is 15. The van der Waals surface area contributed by atoms with Crippen LogP contribution in [0.5, 0.6) is 11.5 Å². The van der Waals surface area contributed by atoms with E-state index in [2.05, 4.69) is 15.3 Å². The van der Waals surface area contributed by atoms with E-state index in [-0.39, 0.29) is 49.2 Å². The second-order valence-electron chi connectivity index (χ2n) is 10.9. The number of carbonyl (C=O) groups excluding carboxylic acids is 3. The fraction of sp³-hybridized carbons (Fsp3) is 0.294. The van der Waals surface area contributed by atoms with Gasteiger partial charge in [0.2, 0.25) is 5.91 Å². The van der Waals surface area contributed by atoms with Crippen molar-refractivity contribution in [3.63, 3.8) is 0 Å². The van der Waals surface area contributed by atoms with Crippen LogP contribution in [0.25, 0.3) is 11.4 Å². The van der Waals surface area contributed by atoms with Gasteiger partial charge in [0.25, 0.3) is 5.91 Å². The average Bonchev–Trinajstić information content (AvgIpc) is 3.53. The molecule has 0 fully saturated rings. The standard InChI is InChI=1S/C34H37FN4O6/c1-22-5-10-30(35)24(14-22)16-26(41)15-23-6-8-28(9-7-23)45-29-11-13-36-32(18-29)31-17-25(19-38-31)34(44)37-12-3-4-33(43)39(2)20-27(42)21-40/h5-11,13-14,17-19,27,38,40,42H,3-4,12,15-16,20-21H2,1-2H3,(H,37,44). The van der Waals surface area contributed by atoms with Crippen LogP contribution in [0.1, 0.15) is 39.9 Å². The highest BCUT2D eigenvalue weighted by molar-refractivity contribution is 5.95. The normalized spacial score (nSPS) is 11.6. The van der Waals surface area contributed by atoms with E-state index in [4.69, 9.17) is 9.84 Å². The van der Waals surface area contributed by atoms with Crippen LogP contribution in [0.2, 0.25) is 0 Å². The number of aryl methyl sites for hydroxylation is 1. The van der Waals surface area contributed by atoms with Crippen molar-refractivity contribution in [2.24, 2.45) is 0 Å². The number of carbonyl (C=O) groups is 3. The van der Waals surface area contributed by atoms with Crippen LogP contribution in [0, 0.1) is 12.7 Å². The maximum Gasteiger partial charge on any atom is 0.252 e. The number of halogens is 1. The highest BCUT2D eigenvalue weighted by atomic mass is 19.1. The number of pyridine rings is 1. The number of nitrogens with zero attached hydrogens (tertiary/aromatic N) is 2. The Balaban J connectivity index is 1.26. The molecule has 11 heteroatoms. The van der Waals surface area contributed by atoms with Gasteiger partial charge in [-0.05, 0) is 54.8 Å². The van der Waals surface area contributed by atoms with Gasteiger partial charge in [0.05, 0.1) is 29.7 Å². The smallest absolute Gasteiger partial charge is 0.252 e. The predicted octanol–water partition coefficient (Wildman–Crippen LogP) is 3.99. The Morgan fingerprint density at radius 1 is 1.04 bits per heavy atom. The third-order valence-electron chi connectivity index (χ3n) is 7.08. The van der Waals surface area contributed by atoms with Gasteiger partial charge < -0.3 is 30.2 Å². The van der Waals surface area contributed by atoms with Crippen molar-refractivity contribution in [3.8, 4) is 22.9 Å². The monoisotopic (exact) mass is 616 g/mol. The SMILES string of the molecule is Cc1ccc(F)c(CC(=O)Cc2ccc(Oc3ccnc(-c4cc(C(=O)NCCCC(=O)N(C)CC(O)CO)c[nH]4)c3)cc2)c1. The topological polar surface area (TPSA) is 145 Å². The third-order valence-corrected chi connectivity index (χ3v) is 7.08. The summed E-state index contributed by atoms with van der Waals surface area (Å²) in [6, 6.07) is 17.0. The van der Waals surface area contributed by atoms with E-state index in [9.17, 15) is 23.9 Å². The van der Waals surface area contributed by atoms with Crippen LogP contribution in [0.15, 0.2) is 73.1 Å². The molecule has 0 aliphatic rings. The molecule has 0 aliphatic heterocycles. The Hall–Kier alpha value is -4.87. The molecule has 4 rings (SSSR count). The molecule has 2 amide bonds. The number of aromatic nitrogens is 2. The molecule has 0 spiro atoms. The quantitative estimate of drug-likeness (QED) is 0.148. The number of aliphatic hydroxyl groups is 2. The number of hydrogen-bond acceptors (Lipinski definition) is 7. The first-order valence-electron chi connectivity index (χ1n) is 14.6. The van der Waals surface area contributed by atoms with Crippen LogP contribution in [-0.2, 0) is 22.4 Å². The minimum absolute atomic E-state index is 0.0334. The number of likely N-dealkylation sites (N-methyl/N-ethyl adjacent to an activating group) is 1. The second kappa shape index (κ2) is 15.7. The van der Waals surface area contributed by atoms with Crippen molar-refractivity contribution in [1.29, 1.82) is 0 Å². The first kappa shape index (κ1) is 33.0. The van der Waals surface area contributed by atoms with Crippen molar-refractivity contribution >= 4 is 17.6 Å². The van der Waals surface area contributed by atoms with Crippen LogP contribution in [-0.4, -0.2) is 75.5 Å². The van der Waals surface area contributed by atoms with Crippen molar-refractivity contribution in [1.82, 2.24) is 20.2 Å². The van der Waals surface area contributed by atoms with Crippen LogP contribution < -0.4 is 10.1 Å². The zero-order chi connectivity index (χ0) is 32.3. The molecule has 4 N–H and O–H groups in total. The van der Waals surface area contributed by atoms with Crippen molar-refractivity contribution in [2.75, 3.05) is 26.7 Å². The highest BCUT2D eigenvalue weighted by Crippen LogP contribution is 2.26. The number of ether oxygens (including phenoxy) is 1. The summed E-state index contributed by atoms with van der Waals surface area (Å²) in [5.74, 6) is 0.141. The molecule has 236 valence electrons. The lowest BCUT2D eigenvalue weighted by atomic mass is 10.0. The highest BCUT2D eigenvalue weighted by Gasteiger charge is 2.15. The second-order valence-corrected chi connectivity index (χ2v) is 10.9. The number of H-pyrrole nitrogens is 1. The maximum absolute atomic E-state index is 14.0. The van der Waals surface area contributed by atoms with Crippen molar-refractivity contribution < 1.29 is 33.7 Å². The number of Topliss-reactive ketones (excluding diaryl/α,β-unsaturated/α-hetero) is 1. The average molecular weight is 617 g/mol. The van der Waals surface area contributed by atoms with Gasteiger partial charge in [-0.2, -0.15) is 0 Å².